The van der Waals surface area contributed by atoms with Gasteiger partial charge in [0.15, 0.2) is 0 Å². The van der Waals surface area contributed by atoms with Crippen LogP contribution in [0.2, 0.25) is 0 Å². The second-order valence-corrected chi connectivity index (χ2v) is 5.88. The van der Waals surface area contributed by atoms with Gasteiger partial charge in [-0.25, -0.2) is 4.98 Å². The van der Waals surface area contributed by atoms with Gasteiger partial charge in [0, 0.05) is 54.6 Å². The van der Waals surface area contributed by atoms with Crippen molar-refractivity contribution in [1.29, 1.82) is 0 Å². The molecule has 3 aromatic rings. The number of aromatic amines is 1. The first kappa shape index (κ1) is 16.4. The van der Waals surface area contributed by atoms with E-state index in [9.17, 15) is 9.59 Å². The molecule has 0 aliphatic heterocycles. The molecule has 6 nitrogen and oxygen atoms in total. The number of aromatic nitrogens is 2. The van der Waals surface area contributed by atoms with Crippen LogP contribution >= 0.6 is 0 Å². The minimum absolute atomic E-state index is 0.0531. The zero-order chi connectivity index (χ0) is 18.0. The van der Waals surface area contributed by atoms with E-state index in [-0.39, 0.29) is 5.91 Å². The zero-order valence-electron chi connectivity index (χ0n) is 14.0. The highest BCUT2D eigenvalue weighted by Crippen LogP contribution is 2.26. The van der Waals surface area contributed by atoms with E-state index in [4.69, 9.17) is 5.73 Å². The lowest BCUT2D eigenvalue weighted by Crippen LogP contribution is -2.21. The van der Waals surface area contributed by atoms with E-state index in [1.165, 1.54) is 6.08 Å². The van der Waals surface area contributed by atoms with E-state index in [1.54, 1.807) is 43.5 Å². The first-order valence-electron chi connectivity index (χ1n) is 7.72. The normalized spacial score (nSPS) is 11.1. The molecule has 0 aliphatic rings. The highest BCUT2D eigenvalue weighted by atomic mass is 16.2. The van der Waals surface area contributed by atoms with Crippen molar-refractivity contribution in [2.75, 3.05) is 14.1 Å². The summed E-state index contributed by atoms with van der Waals surface area (Å²) in [5.41, 5.74) is 9.09. The van der Waals surface area contributed by atoms with Crippen molar-refractivity contribution in [3.8, 4) is 11.1 Å². The Morgan fingerprint density at radius 3 is 2.72 bits per heavy atom. The fourth-order valence-electron chi connectivity index (χ4n) is 2.58. The summed E-state index contributed by atoms with van der Waals surface area (Å²) in [6.45, 7) is 0. The average molecular weight is 334 g/mol. The number of carbonyl (C=O) groups excluding carboxylic acids is 2. The SMILES string of the molecule is CN(C)C(=O)c1cccc(-c2cnc3[nH]cc(C=CC(N)=O)c3c2)c1. The Hall–Kier alpha value is -3.41. The fraction of sp³-hybridized carbons (Fsp3) is 0.105. The maximum absolute atomic E-state index is 12.2. The van der Waals surface area contributed by atoms with Gasteiger partial charge in [0.25, 0.3) is 5.91 Å². The second kappa shape index (κ2) is 6.60. The van der Waals surface area contributed by atoms with E-state index in [1.807, 2.05) is 24.3 Å². The summed E-state index contributed by atoms with van der Waals surface area (Å²) in [6, 6.07) is 9.38. The molecule has 0 fully saturated rings. The molecule has 2 amide bonds. The number of nitrogens with one attached hydrogen (secondary N) is 1. The van der Waals surface area contributed by atoms with Gasteiger partial charge in [-0.3, -0.25) is 9.59 Å². The fourth-order valence-corrected chi connectivity index (χ4v) is 2.58. The molecule has 0 saturated heterocycles. The number of hydrogen-bond acceptors (Lipinski definition) is 3. The summed E-state index contributed by atoms with van der Waals surface area (Å²) >= 11 is 0. The van der Waals surface area contributed by atoms with Crippen LogP contribution in [0.4, 0.5) is 0 Å². The quantitative estimate of drug-likeness (QED) is 0.718. The summed E-state index contributed by atoms with van der Waals surface area (Å²) < 4.78 is 0. The summed E-state index contributed by atoms with van der Waals surface area (Å²) in [5.74, 6) is -0.559. The van der Waals surface area contributed by atoms with Crippen LogP contribution in [0.3, 0.4) is 0 Å². The number of amides is 2. The topological polar surface area (TPSA) is 92.1 Å². The molecule has 2 heterocycles. The van der Waals surface area contributed by atoms with Crippen molar-refractivity contribution in [1.82, 2.24) is 14.9 Å². The molecule has 25 heavy (non-hydrogen) atoms. The molecule has 0 unspecified atom stereocenters. The van der Waals surface area contributed by atoms with Crippen molar-refractivity contribution in [3.63, 3.8) is 0 Å². The first-order valence-corrected chi connectivity index (χ1v) is 7.72. The molecule has 0 aliphatic carbocycles. The maximum Gasteiger partial charge on any atom is 0.253 e. The van der Waals surface area contributed by atoms with E-state index < -0.39 is 5.91 Å². The van der Waals surface area contributed by atoms with E-state index in [0.29, 0.717) is 11.2 Å². The Morgan fingerprint density at radius 1 is 1.20 bits per heavy atom. The number of carbonyl (C=O) groups is 2. The van der Waals surface area contributed by atoms with E-state index in [2.05, 4.69) is 9.97 Å². The number of benzene rings is 1. The highest BCUT2D eigenvalue weighted by Gasteiger charge is 2.10. The maximum atomic E-state index is 12.2. The molecule has 0 bridgehead atoms. The van der Waals surface area contributed by atoms with Crippen LogP contribution in [-0.4, -0.2) is 40.8 Å². The van der Waals surface area contributed by atoms with Crippen LogP contribution in [0.25, 0.3) is 28.2 Å². The molecule has 126 valence electrons. The summed E-state index contributed by atoms with van der Waals surface area (Å²) in [7, 11) is 3.44. The summed E-state index contributed by atoms with van der Waals surface area (Å²) in [4.78, 5) is 32.1. The number of fused-ring (bicyclic) bond motifs is 1. The van der Waals surface area contributed by atoms with Gasteiger partial charge in [-0.1, -0.05) is 12.1 Å². The molecule has 0 atom stereocenters. The molecule has 0 radical (unpaired) electrons. The van der Waals surface area contributed by atoms with Gasteiger partial charge < -0.3 is 15.6 Å². The highest BCUT2D eigenvalue weighted by molar-refractivity contribution is 5.97. The van der Waals surface area contributed by atoms with Crippen molar-refractivity contribution in [3.05, 3.63) is 59.9 Å². The molecular weight excluding hydrogens is 316 g/mol. The number of nitrogens with two attached hydrogens (primary N) is 1. The largest absolute Gasteiger partial charge is 0.366 e. The molecule has 1 aromatic carbocycles. The Bertz CT molecular complexity index is 986. The van der Waals surface area contributed by atoms with Gasteiger partial charge in [-0.15, -0.1) is 0 Å². The van der Waals surface area contributed by atoms with Gasteiger partial charge >= 0.3 is 0 Å². The van der Waals surface area contributed by atoms with Crippen LogP contribution in [0.5, 0.6) is 0 Å². The molecule has 3 rings (SSSR count). The Kier molecular flexibility index (Phi) is 4.35. The average Bonchev–Trinajstić information content (AvgIpc) is 3.01. The second-order valence-electron chi connectivity index (χ2n) is 5.88. The number of H-pyrrole nitrogens is 1. The number of rotatable bonds is 4. The molecule has 3 N–H and O–H groups in total. The minimum atomic E-state index is -0.506. The number of pyridine rings is 1. The molecule has 2 aromatic heterocycles. The van der Waals surface area contributed by atoms with Crippen LogP contribution in [-0.2, 0) is 4.79 Å². The standard InChI is InChI=1S/C19H18N4O2/c1-23(2)19(25)13-5-3-4-12(8-13)15-9-16-14(6-7-17(20)24)10-21-18(16)22-11-15/h3-11H,1-2H3,(H2,20,24)(H,21,22). The van der Waals surface area contributed by atoms with Crippen LogP contribution in [0.15, 0.2) is 48.8 Å². The van der Waals surface area contributed by atoms with E-state index in [0.717, 1.165) is 22.1 Å². The third kappa shape index (κ3) is 3.42. The zero-order valence-corrected chi connectivity index (χ0v) is 14.0. The first-order chi connectivity index (χ1) is 12.0. The Morgan fingerprint density at radius 2 is 2.00 bits per heavy atom. The molecular formula is C19H18N4O2. The number of primary amides is 1. The third-order valence-corrected chi connectivity index (χ3v) is 3.84. The minimum Gasteiger partial charge on any atom is -0.366 e. The monoisotopic (exact) mass is 334 g/mol. The lowest BCUT2D eigenvalue weighted by Gasteiger charge is -2.11. The lowest BCUT2D eigenvalue weighted by atomic mass is 10.0. The Balaban J connectivity index is 2.04. The lowest BCUT2D eigenvalue weighted by molar-refractivity contribution is -0.113. The van der Waals surface area contributed by atoms with Gasteiger partial charge in [-0.2, -0.15) is 0 Å². The van der Waals surface area contributed by atoms with Crippen molar-refractivity contribution in [2.24, 2.45) is 5.73 Å². The smallest absolute Gasteiger partial charge is 0.253 e. The van der Waals surface area contributed by atoms with Crippen LogP contribution < -0.4 is 5.73 Å². The van der Waals surface area contributed by atoms with Gasteiger partial charge in [0.2, 0.25) is 5.91 Å². The third-order valence-electron chi connectivity index (χ3n) is 3.84. The van der Waals surface area contributed by atoms with Gasteiger partial charge in [0.1, 0.15) is 5.65 Å². The Labute approximate surface area is 145 Å². The van der Waals surface area contributed by atoms with Crippen molar-refractivity contribution in [2.45, 2.75) is 0 Å². The van der Waals surface area contributed by atoms with Gasteiger partial charge in [-0.05, 0) is 29.8 Å². The number of nitrogens with zero attached hydrogens (tertiary/aromatic N) is 2. The van der Waals surface area contributed by atoms with Crippen LogP contribution in [0, 0.1) is 0 Å². The van der Waals surface area contributed by atoms with Gasteiger partial charge in [0.05, 0.1) is 0 Å². The van der Waals surface area contributed by atoms with Crippen molar-refractivity contribution >= 4 is 28.9 Å². The summed E-state index contributed by atoms with van der Waals surface area (Å²) in [5, 5.41) is 0.874. The molecule has 0 saturated carbocycles. The molecule has 0 spiro atoms. The number of hydrogen-bond donors (Lipinski definition) is 2. The summed E-state index contributed by atoms with van der Waals surface area (Å²) in [6.07, 6.45) is 6.48. The predicted octanol–water partition coefficient (Wildman–Crippen LogP) is 2.43. The predicted molar refractivity (Wildman–Crippen MR) is 97.8 cm³/mol. The van der Waals surface area contributed by atoms with Crippen LogP contribution in [0.1, 0.15) is 15.9 Å². The van der Waals surface area contributed by atoms with Crippen molar-refractivity contribution < 1.29 is 9.59 Å². The molecule has 6 heteroatoms. The van der Waals surface area contributed by atoms with E-state index >= 15 is 0 Å².